The molecule has 0 radical (unpaired) electrons. The lowest BCUT2D eigenvalue weighted by Gasteiger charge is -2.22. The third-order valence-corrected chi connectivity index (χ3v) is 3.07. The maximum atomic E-state index is 6.09. The van der Waals surface area contributed by atoms with Crippen molar-refractivity contribution in [3.8, 4) is 0 Å². The van der Waals surface area contributed by atoms with Gasteiger partial charge in [0.15, 0.2) is 0 Å². The summed E-state index contributed by atoms with van der Waals surface area (Å²) in [5.41, 5.74) is 0.756. The average molecular weight is 264 g/mol. The van der Waals surface area contributed by atoms with Crippen LogP contribution >= 0.6 is 34.8 Å². The molecule has 0 atom stereocenters. The van der Waals surface area contributed by atoms with Crippen molar-refractivity contribution in [2.45, 2.75) is 0 Å². The number of hydrogen-bond acceptors (Lipinski definition) is 2. The third kappa shape index (κ3) is 2.03. The fraction of sp³-hybridized carbons (Fsp3) is 0.200. The van der Waals surface area contributed by atoms with Gasteiger partial charge >= 0.3 is 0 Å². The third-order valence-electron chi connectivity index (χ3n) is 2.16. The van der Waals surface area contributed by atoms with Gasteiger partial charge in [-0.1, -0.05) is 40.9 Å². The number of anilines is 1. The SMILES string of the molecule is CN1C=C(Cl)N(c2c(Cl)cccc2Cl)C1. The van der Waals surface area contributed by atoms with E-state index >= 15 is 0 Å². The summed E-state index contributed by atoms with van der Waals surface area (Å²) in [4.78, 5) is 3.83. The smallest absolute Gasteiger partial charge is 0.127 e. The van der Waals surface area contributed by atoms with Crippen LogP contribution in [0, 0.1) is 0 Å². The molecule has 2 rings (SSSR count). The lowest BCUT2D eigenvalue weighted by molar-refractivity contribution is 0.495. The highest BCUT2D eigenvalue weighted by Crippen LogP contribution is 2.38. The highest BCUT2D eigenvalue weighted by molar-refractivity contribution is 6.40. The molecule has 0 unspecified atom stereocenters. The summed E-state index contributed by atoms with van der Waals surface area (Å²) >= 11 is 18.3. The van der Waals surface area contributed by atoms with E-state index in [1.165, 1.54) is 0 Å². The van der Waals surface area contributed by atoms with E-state index in [4.69, 9.17) is 34.8 Å². The molecule has 0 fully saturated rings. The summed E-state index contributed by atoms with van der Waals surface area (Å²) in [5, 5.41) is 1.82. The molecule has 1 aromatic carbocycles. The Hall–Kier alpha value is -0.570. The normalized spacial score (nSPS) is 15.9. The summed E-state index contributed by atoms with van der Waals surface area (Å²) in [6.45, 7) is 0.655. The number of benzene rings is 1. The zero-order valence-electron chi connectivity index (χ0n) is 8.04. The molecule has 0 N–H and O–H groups in total. The van der Waals surface area contributed by atoms with Gasteiger partial charge in [-0.05, 0) is 12.1 Å². The van der Waals surface area contributed by atoms with Crippen LogP contribution in [0.2, 0.25) is 10.0 Å². The Morgan fingerprint density at radius 2 is 1.73 bits per heavy atom. The van der Waals surface area contributed by atoms with Crippen molar-refractivity contribution in [1.82, 2.24) is 4.90 Å². The second kappa shape index (κ2) is 4.12. The molecule has 80 valence electrons. The number of halogens is 3. The highest BCUT2D eigenvalue weighted by atomic mass is 35.5. The monoisotopic (exact) mass is 262 g/mol. The van der Waals surface area contributed by atoms with E-state index in [1.807, 2.05) is 29.1 Å². The van der Waals surface area contributed by atoms with Crippen molar-refractivity contribution in [2.24, 2.45) is 0 Å². The first-order valence-corrected chi connectivity index (χ1v) is 5.52. The van der Waals surface area contributed by atoms with Crippen molar-refractivity contribution in [2.75, 3.05) is 18.6 Å². The first-order valence-electron chi connectivity index (χ1n) is 4.38. The van der Waals surface area contributed by atoms with Crippen LogP contribution in [0.25, 0.3) is 0 Å². The molecule has 0 spiro atoms. The average Bonchev–Trinajstić information content (AvgIpc) is 2.45. The Bertz CT molecular complexity index is 397. The van der Waals surface area contributed by atoms with E-state index in [-0.39, 0.29) is 0 Å². The Kier molecular flexibility index (Phi) is 3.01. The predicted molar refractivity (Wildman–Crippen MR) is 65.5 cm³/mol. The molecule has 5 heteroatoms. The van der Waals surface area contributed by atoms with Gasteiger partial charge in [0.05, 0.1) is 22.4 Å². The highest BCUT2D eigenvalue weighted by Gasteiger charge is 2.22. The molecule has 0 bridgehead atoms. The Labute approximate surface area is 104 Å². The first kappa shape index (κ1) is 10.9. The summed E-state index contributed by atoms with van der Waals surface area (Å²) in [6.07, 6.45) is 1.83. The second-order valence-electron chi connectivity index (χ2n) is 3.35. The van der Waals surface area contributed by atoms with Crippen molar-refractivity contribution in [3.05, 3.63) is 39.6 Å². The lowest BCUT2D eigenvalue weighted by Crippen LogP contribution is -2.23. The number of hydrogen-bond donors (Lipinski definition) is 0. The van der Waals surface area contributed by atoms with Crippen LogP contribution in [-0.4, -0.2) is 18.6 Å². The van der Waals surface area contributed by atoms with Crippen LogP contribution in [-0.2, 0) is 0 Å². The van der Waals surface area contributed by atoms with Gasteiger partial charge in [0.2, 0.25) is 0 Å². The van der Waals surface area contributed by atoms with E-state index in [2.05, 4.69) is 0 Å². The molecule has 0 saturated carbocycles. The zero-order chi connectivity index (χ0) is 11.0. The number of rotatable bonds is 1. The van der Waals surface area contributed by atoms with Gasteiger partial charge in [0.25, 0.3) is 0 Å². The van der Waals surface area contributed by atoms with Gasteiger partial charge in [-0.3, -0.25) is 0 Å². The van der Waals surface area contributed by atoms with Gasteiger partial charge < -0.3 is 9.80 Å². The molecular formula is C10H9Cl3N2. The molecule has 1 aromatic rings. The lowest BCUT2D eigenvalue weighted by atomic mass is 10.3. The van der Waals surface area contributed by atoms with Gasteiger partial charge in [-0.15, -0.1) is 0 Å². The molecule has 0 amide bonds. The fourth-order valence-electron chi connectivity index (χ4n) is 1.51. The molecule has 1 aliphatic heterocycles. The minimum Gasteiger partial charge on any atom is -0.360 e. The molecule has 15 heavy (non-hydrogen) atoms. The van der Waals surface area contributed by atoms with Crippen molar-refractivity contribution in [3.63, 3.8) is 0 Å². The van der Waals surface area contributed by atoms with Gasteiger partial charge in [0.1, 0.15) is 5.16 Å². The van der Waals surface area contributed by atoms with Crippen LogP contribution in [0.4, 0.5) is 5.69 Å². The van der Waals surface area contributed by atoms with Crippen molar-refractivity contribution < 1.29 is 0 Å². The zero-order valence-corrected chi connectivity index (χ0v) is 10.3. The van der Waals surface area contributed by atoms with Crippen molar-refractivity contribution >= 4 is 40.5 Å². The van der Waals surface area contributed by atoms with Crippen LogP contribution in [0.3, 0.4) is 0 Å². The van der Waals surface area contributed by atoms with E-state index in [9.17, 15) is 0 Å². The van der Waals surface area contributed by atoms with Gasteiger partial charge in [-0.2, -0.15) is 0 Å². The minimum absolute atomic E-state index is 0.601. The molecule has 2 nitrogen and oxygen atoms in total. The second-order valence-corrected chi connectivity index (χ2v) is 4.55. The minimum atomic E-state index is 0.601. The Balaban J connectivity index is 2.43. The topological polar surface area (TPSA) is 6.48 Å². The van der Waals surface area contributed by atoms with Gasteiger partial charge in [-0.25, -0.2) is 0 Å². The predicted octanol–water partition coefficient (Wildman–Crippen LogP) is 3.74. The largest absolute Gasteiger partial charge is 0.360 e. The van der Waals surface area contributed by atoms with E-state index in [0.717, 1.165) is 5.69 Å². The molecule has 0 saturated heterocycles. The van der Waals surface area contributed by atoms with E-state index in [1.54, 1.807) is 12.1 Å². The van der Waals surface area contributed by atoms with Crippen LogP contribution in [0.15, 0.2) is 29.6 Å². The fourth-order valence-corrected chi connectivity index (χ4v) is 2.41. The molecular weight excluding hydrogens is 254 g/mol. The van der Waals surface area contributed by atoms with Crippen LogP contribution in [0.5, 0.6) is 0 Å². The van der Waals surface area contributed by atoms with E-state index in [0.29, 0.717) is 21.9 Å². The number of para-hydroxylation sites is 1. The quantitative estimate of drug-likeness (QED) is 0.712. The Morgan fingerprint density at radius 1 is 1.13 bits per heavy atom. The van der Waals surface area contributed by atoms with Crippen LogP contribution < -0.4 is 4.90 Å². The Morgan fingerprint density at radius 3 is 2.20 bits per heavy atom. The summed E-state index contributed by atoms with van der Waals surface area (Å²) in [7, 11) is 1.94. The molecule has 1 heterocycles. The first-order chi connectivity index (χ1) is 7.09. The molecule has 0 aliphatic carbocycles. The maximum absolute atomic E-state index is 6.09. The van der Waals surface area contributed by atoms with Crippen molar-refractivity contribution in [1.29, 1.82) is 0 Å². The molecule has 0 aromatic heterocycles. The summed E-state index contributed by atoms with van der Waals surface area (Å²) in [5.74, 6) is 0. The summed E-state index contributed by atoms with van der Waals surface area (Å²) < 4.78 is 0. The molecule has 1 aliphatic rings. The standard InChI is InChI=1S/C10H9Cl3N2/c1-14-5-9(13)15(6-14)10-7(11)3-2-4-8(10)12/h2-5H,6H2,1H3. The van der Waals surface area contributed by atoms with Crippen LogP contribution in [0.1, 0.15) is 0 Å². The van der Waals surface area contributed by atoms with Gasteiger partial charge in [0, 0.05) is 13.2 Å². The van der Waals surface area contributed by atoms with E-state index < -0.39 is 0 Å². The maximum Gasteiger partial charge on any atom is 0.127 e. The summed E-state index contributed by atoms with van der Waals surface area (Å²) in [6, 6.07) is 5.40. The number of nitrogens with zero attached hydrogens (tertiary/aromatic N) is 2.